The van der Waals surface area contributed by atoms with Crippen LogP contribution < -0.4 is 4.72 Å². The highest BCUT2D eigenvalue weighted by Gasteiger charge is 2.38. The molecule has 0 aliphatic rings. The number of hydrogen-bond donors (Lipinski definition) is 2. The van der Waals surface area contributed by atoms with E-state index in [2.05, 4.69) is 0 Å². The lowest BCUT2D eigenvalue weighted by Crippen LogP contribution is -2.40. The molecular formula is C10H8ClF3N2O3S. The summed E-state index contributed by atoms with van der Waals surface area (Å²) >= 11 is 5.63. The summed E-state index contributed by atoms with van der Waals surface area (Å²) in [6.45, 7) is -1.22. The molecule has 0 aromatic heterocycles. The number of nitrogens with zero attached hydrogens (tertiary/aromatic N) is 1. The van der Waals surface area contributed by atoms with Crippen molar-refractivity contribution in [3.63, 3.8) is 0 Å². The van der Waals surface area contributed by atoms with Crippen LogP contribution in [0.3, 0.4) is 0 Å². The Morgan fingerprint density at radius 3 is 2.50 bits per heavy atom. The van der Waals surface area contributed by atoms with Gasteiger partial charge in [-0.3, -0.25) is 0 Å². The van der Waals surface area contributed by atoms with Crippen molar-refractivity contribution in [3.8, 4) is 6.07 Å². The first-order chi connectivity index (χ1) is 9.08. The van der Waals surface area contributed by atoms with Crippen LogP contribution in [-0.4, -0.2) is 32.3 Å². The Balaban J connectivity index is 2.90. The number of nitrogens with one attached hydrogen (secondary N) is 1. The molecule has 1 aromatic carbocycles. The van der Waals surface area contributed by atoms with Crippen LogP contribution in [0.4, 0.5) is 13.2 Å². The van der Waals surface area contributed by atoms with Crippen molar-refractivity contribution < 1.29 is 26.7 Å². The standard InChI is InChI=1S/C10H8ClF3N2O3S/c11-8-3-7(2-1-6(8)4-15)20(18,19)16-5-9(17)10(12,13)14/h1-3,9,16-17H,5H2. The van der Waals surface area contributed by atoms with Crippen molar-refractivity contribution in [2.75, 3.05) is 6.54 Å². The molecule has 1 aromatic rings. The number of benzene rings is 1. The third kappa shape index (κ3) is 4.08. The van der Waals surface area contributed by atoms with E-state index >= 15 is 0 Å². The normalized spacial score (nSPS) is 13.8. The average molecular weight is 329 g/mol. The molecule has 0 radical (unpaired) electrons. The van der Waals surface area contributed by atoms with Gasteiger partial charge in [-0.25, -0.2) is 13.1 Å². The predicted molar refractivity (Wildman–Crippen MR) is 63.4 cm³/mol. The molecule has 0 aliphatic carbocycles. The summed E-state index contributed by atoms with van der Waals surface area (Å²) in [4.78, 5) is -0.407. The van der Waals surface area contributed by atoms with E-state index in [1.807, 2.05) is 0 Å². The predicted octanol–water partition coefficient (Wildman–Crippen LogP) is 1.41. The SMILES string of the molecule is N#Cc1ccc(S(=O)(=O)NCC(O)C(F)(F)F)cc1Cl. The van der Waals surface area contributed by atoms with Crippen LogP contribution in [0.25, 0.3) is 0 Å². The molecule has 1 unspecified atom stereocenters. The molecule has 1 atom stereocenters. The highest BCUT2D eigenvalue weighted by molar-refractivity contribution is 7.89. The van der Waals surface area contributed by atoms with Crippen molar-refractivity contribution in [2.45, 2.75) is 17.2 Å². The zero-order chi connectivity index (χ0) is 15.6. The van der Waals surface area contributed by atoms with E-state index in [1.54, 1.807) is 10.8 Å². The number of rotatable bonds is 4. The van der Waals surface area contributed by atoms with E-state index in [-0.39, 0.29) is 10.6 Å². The molecule has 0 saturated heterocycles. The number of nitriles is 1. The van der Waals surface area contributed by atoms with Gasteiger partial charge < -0.3 is 5.11 Å². The van der Waals surface area contributed by atoms with Crippen LogP contribution in [0, 0.1) is 11.3 Å². The van der Waals surface area contributed by atoms with Crippen LogP contribution in [0.15, 0.2) is 23.1 Å². The van der Waals surface area contributed by atoms with E-state index in [9.17, 15) is 21.6 Å². The van der Waals surface area contributed by atoms with E-state index in [1.165, 1.54) is 0 Å². The number of aliphatic hydroxyl groups is 1. The molecule has 5 nitrogen and oxygen atoms in total. The summed E-state index contributed by atoms with van der Waals surface area (Å²) in [6, 6.07) is 4.78. The van der Waals surface area contributed by atoms with Crippen molar-refractivity contribution >= 4 is 21.6 Å². The summed E-state index contributed by atoms with van der Waals surface area (Å²) in [6.07, 6.45) is -7.74. The maximum atomic E-state index is 12.0. The highest BCUT2D eigenvalue weighted by atomic mass is 35.5. The van der Waals surface area contributed by atoms with E-state index in [0.717, 1.165) is 18.2 Å². The van der Waals surface area contributed by atoms with Gasteiger partial charge in [0.2, 0.25) is 10.0 Å². The summed E-state index contributed by atoms with van der Waals surface area (Å²) in [7, 11) is -4.27. The Kier molecular flexibility index (Phi) is 4.99. The number of alkyl halides is 3. The quantitative estimate of drug-likeness (QED) is 0.874. The summed E-state index contributed by atoms with van der Waals surface area (Å²) in [5, 5.41) is 17.2. The highest BCUT2D eigenvalue weighted by Crippen LogP contribution is 2.22. The molecule has 2 N–H and O–H groups in total. The molecule has 0 amide bonds. The topological polar surface area (TPSA) is 90.2 Å². The monoisotopic (exact) mass is 328 g/mol. The maximum Gasteiger partial charge on any atom is 0.415 e. The Hall–Kier alpha value is -1.34. The Labute approximate surface area is 117 Å². The minimum Gasteiger partial charge on any atom is -0.382 e. The van der Waals surface area contributed by atoms with Gasteiger partial charge in [0, 0.05) is 6.54 Å². The lowest BCUT2D eigenvalue weighted by molar-refractivity contribution is -0.200. The molecule has 0 heterocycles. The van der Waals surface area contributed by atoms with Crippen LogP contribution in [0.1, 0.15) is 5.56 Å². The lowest BCUT2D eigenvalue weighted by Gasteiger charge is -2.15. The Morgan fingerprint density at radius 1 is 1.45 bits per heavy atom. The second-order valence-electron chi connectivity index (χ2n) is 3.66. The first-order valence-corrected chi connectivity index (χ1v) is 6.88. The first kappa shape index (κ1) is 16.7. The second-order valence-corrected chi connectivity index (χ2v) is 5.84. The van der Waals surface area contributed by atoms with Gasteiger partial charge in [-0.05, 0) is 18.2 Å². The number of hydrogen-bond acceptors (Lipinski definition) is 4. The van der Waals surface area contributed by atoms with Gasteiger partial charge in [-0.15, -0.1) is 0 Å². The summed E-state index contributed by atoms with van der Waals surface area (Å²) in [5.41, 5.74) is 0.0287. The smallest absolute Gasteiger partial charge is 0.382 e. The fourth-order valence-electron chi connectivity index (χ4n) is 1.14. The average Bonchev–Trinajstić information content (AvgIpc) is 2.34. The van der Waals surface area contributed by atoms with Gasteiger partial charge in [-0.1, -0.05) is 11.6 Å². The zero-order valence-corrected chi connectivity index (χ0v) is 11.2. The van der Waals surface area contributed by atoms with Crippen molar-refractivity contribution in [3.05, 3.63) is 28.8 Å². The molecule has 110 valence electrons. The first-order valence-electron chi connectivity index (χ1n) is 5.02. The Morgan fingerprint density at radius 2 is 2.05 bits per heavy atom. The molecule has 20 heavy (non-hydrogen) atoms. The van der Waals surface area contributed by atoms with Crippen LogP contribution >= 0.6 is 11.6 Å². The molecule has 0 aliphatic heterocycles. The van der Waals surface area contributed by atoms with E-state index < -0.39 is 33.7 Å². The number of sulfonamides is 1. The fourth-order valence-corrected chi connectivity index (χ4v) is 2.49. The molecule has 1 rings (SSSR count). The van der Waals surface area contributed by atoms with Crippen molar-refractivity contribution in [1.29, 1.82) is 5.26 Å². The van der Waals surface area contributed by atoms with Gasteiger partial charge in [-0.2, -0.15) is 18.4 Å². The lowest BCUT2D eigenvalue weighted by atomic mass is 10.2. The maximum absolute atomic E-state index is 12.0. The van der Waals surface area contributed by atoms with Crippen molar-refractivity contribution in [1.82, 2.24) is 4.72 Å². The third-order valence-corrected chi connectivity index (χ3v) is 3.95. The van der Waals surface area contributed by atoms with E-state index in [0.29, 0.717) is 0 Å². The van der Waals surface area contributed by atoms with Crippen LogP contribution in [0.5, 0.6) is 0 Å². The molecule has 10 heteroatoms. The summed E-state index contributed by atoms with van der Waals surface area (Å²) in [5.74, 6) is 0. The minimum absolute atomic E-state index is 0.0287. The molecular weight excluding hydrogens is 321 g/mol. The zero-order valence-electron chi connectivity index (χ0n) is 9.65. The fraction of sp³-hybridized carbons (Fsp3) is 0.300. The van der Waals surface area contributed by atoms with Gasteiger partial charge >= 0.3 is 6.18 Å². The second kappa shape index (κ2) is 5.97. The molecule has 0 saturated carbocycles. The van der Waals surface area contributed by atoms with E-state index in [4.69, 9.17) is 22.0 Å². The van der Waals surface area contributed by atoms with Gasteiger partial charge in [0.1, 0.15) is 6.07 Å². The van der Waals surface area contributed by atoms with Crippen LogP contribution in [-0.2, 0) is 10.0 Å². The van der Waals surface area contributed by atoms with Gasteiger partial charge in [0.15, 0.2) is 6.10 Å². The third-order valence-electron chi connectivity index (χ3n) is 2.22. The molecule has 0 bridgehead atoms. The van der Waals surface area contributed by atoms with Gasteiger partial charge in [0.25, 0.3) is 0 Å². The van der Waals surface area contributed by atoms with Crippen molar-refractivity contribution in [2.24, 2.45) is 0 Å². The van der Waals surface area contributed by atoms with Gasteiger partial charge in [0.05, 0.1) is 15.5 Å². The molecule has 0 spiro atoms. The number of halogens is 4. The molecule has 0 fully saturated rings. The summed E-state index contributed by atoms with van der Waals surface area (Å²) < 4.78 is 61.1. The largest absolute Gasteiger partial charge is 0.415 e. The van der Waals surface area contributed by atoms with Crippen LogP contribution in [0.2, 0.25) is 5.02 Å². The number of aliphatic hydroxyl groups excluding tert-OH is 1. The Bertz CT molecular complexity index is 640. The minimum atomic E-state index is -4.93.